The molecule has 21 nitrogen and oxygen atoms in total. The fourth-order valence-corrected chi connectivity index (χ4v) is 12.9. The van der Waals surface area contributed by atoms with Crippen LogP contribution >= 0.6 is 0 Å². The van der Waals surface area contributed by atoms with Gasteiger partial charge in [-0.1, -0.05) is 60.1 Å². The molecule has 4 N–H and O–H groups in total. The third kappa shape index (κ3) is 12.5. The lowest BCUT2D eigenvalue weighted by Gasteiger charge is -2.41. The molecule has 6 rings (SSSR count). The second-order valence-corrected chi connectivity index (χ2v) is 24.2. The van der Waals surface area contributed by atoms with E-state index in [9.17, 15) is 38.7 Å². The molecule has 438 valence electrons. The lowest BCUT2D eigenvalue weighted by molar-refractivity contribution is -0.168. The van der Waals surface area contributed by atoms with E-state index in [0.717, 1.165) is 6.92 Å². The minimum Gasteiger partial charge on any atom is -0.497 e. The summed E-state index contributed by atoms with van der Waals surface area (Å²) in [5, 5.41) is 21.2. The number of likely N-dealkylation sites (N-methyl/N-ethyl adjacent to an activating group) is 2. The molecule has 2 saturated heterocycles. The number of hydrogen-bond donors (Lipinski definition) is 4. The van der Waals surface area contributed by atoms with Crippen LogP contribution in [0.3, 0.4) is 0 Å². The first kappa shape index (κ1) is 62.1. The van der Waals surface area contributed by atoms with Crippen LogP contribution < -0.4 is 20.7 Å². The third-order valence-electron chi connectivity index (χ3n) is 17.7. The Kier molecular flexibility index (Phi) is 19.1. The molecule has 11 atom stereocenters. The number of benzene rings is 1. The SMILES string of the molecule is CCC1[C@H](C)C1(NC(=O)C1(C2(OC(=O)[C@H](Cc3ccc(OC)cc3)N(C)C(=O)[C@@H]3CCCN3C(C)=O)CC2)CC1NC(=O)[C@](C)(CC(C)C)N(C)C(=O)[C@@H]1CCCN1C(=O)C(C)=O)[C@@H](O)CC(=O)O[C@H](C(=O)NC(C)C)C(C)C. The lowest BCUT2D eigenvalue weighted by atomic mass is 9.87. The lowest BCUT2D eigenvalue weighted by Crippen LogP contribution is -2.62. The second-order valence-electron chi connectivity index (χ2n) is 24.2. The molecule has 4 unspecified atom stereocenters. The van der Waals surface area contributed by atoms with E-state index >= 15 is 14.4 Å². The third-order valence-corrected chi connectivity index (χ3v) is 17.7. The molecule has 0 bridgehead atoms. The van der Waals surface area contributed by atoms with Crippen LogP contribution in [-0.2, 0) is 63.8 Å². The number of aliphatic hydroxyl groups is 1. The first-order valence-corrected chi connectivity index (χ1v) is 28.3. The minimum absolute atomic E-state index is 0.0183. The van der Waals surface area contributed by atoms with Gasteiger partial charge in [-0.25, -0.2) is 4.79 Å². The van der Waals surface area contributed by atoms with Crippen molar-refractivity contribution in [3.05, 3.63) is 29.8 Å². The molecular formula is C58H87N7O14. The number of aliphatic hydroxyl groups excluding tert-OH is 1. The van der Waals surface area contributed by atoms with Gasteiger partial charge < -0.3 is 54.9 Å². The Bertz CT molecular complexity index is 2510. The smallest absolute Gasteiger partial charge is 0.329 e. The van der Waals surface area contributed by atoms with Gasteiger partial charge in [0.05, 0.1) is 25.2 Å². The second kappa shape index (κ2) is 24.3. The number of nitrogens with one attached hydrogen (secondary N) is 3. The summed E-state index contributed by atoms with van der Waals surface area (Å²) in [5.41, 5.74) is -5.58. The Hall–Kier alpha value is -6.12. The largest absolute Gasteiger partial charge is 0.497 e. The topological polar surface area (TPSA) is 268 Å². The average Bonchev–Trinajstić information content (AvgIpc) is 4.44. The molecule has 3 saturated carbocycles. The average molecular weight is 1110 g/mol. The number of esters is 2. The van der Waals surface area contributed by atoms with Crippen molar-refractivity contribution in [1.29, 1.82) is 0 Å². The molecule has 3 aliphatic carbocycles. The molecule has 0 spiro atoms. The monoisotopic (exact) mass is 1110 g/mol. The number of Topliss-reactive ketones (excluding diaryl/α,β-unsaturated/α-hetero) is 1. The van der Waals surface area contributed by atoms with Gasteiger partial charge in [0, 0.05) is 59.5 Å². The van der Waals surface area contributed by atoms with Gasteiger partial charge in [0.2, 0.25) is 35.3 Å². The number of hydrogen-bond acceptors (Lipinski definition) is 14. The van der Waals surface area contributed by atoms with Crippen molar-refractivity contribution in [3.8, 4) is 5.75 Å². The quantitative estimate of drug-likeness (QED) is 0.0810. The normalized spacial score (nSPS) is 26.5. The van der Waals surface area contributed by atoms with E-state index in [2.05, 4.69) is 16.0 Å². The van der Waals surface area contributed by atoms with Crippen LogP contribution in [0.1, 0.15) is 146 Å². The molecule has 0 aromatic heterocycles. The molecule has 1 aromatic rings. The van der Waals surface area contributed by atoms with Crippen LogP contribution in [0.2, 0.25) is 0 Å². The van der Waals surface area contributed by atoms with Gasteiger partial charge in [-0.15, -0.1) is 0 Å². The summed E-state index contributed by atoms with van der Waals surface area (Å²) in [6.45, 7) is 19.2. The summed E-state index contributed by atoms with van der Waals surface area (Å²) in [5.74, 6) is -6.97. The summed E-state index contributed by atoms with van der Waals surface area (Å²) >= 11 is 0. The first-order valence-electron chi connectivity index (χ1n) is 28.3. The van der Waals surface area contributed by atoms with Crippen molar-refractivity contribution in [2.45, 2.75) is 206 Å². The van der Waals surface area contributed by atoms with Crippen LogP contribution in [0.5, 0.6) is 5.75 Å². The molecule has 2 heterocycles. The number of likely N-dealkylation sites (tertiary alicyclic amines) is 2. The van der Waals surface area contributed by atoms with Crippen molar-refractivity contribution in [2.75, 3.05) is 34.3 Å². The number of nitrogens with zero attached hydrogens (tertiary/aromatic N) is 4. The first-order chi connectivity index (χ1) is 37.0. The summed E-state index contributed by atoms with van der Waals surface area (Å²) in [6, 6.07) is 2.64. The summed E-state index contributed by atoms with van der Waals surface area (Å²) in [7, 11) is 4.49. The van der Waals surface area contributed by atoms with Gasteiger partial charge in [-0.2, -0.15) is 0 Å². The van der Waals surface area contributed by atoms with E-state index in [1.165, 1.54) is 47.7 Å². The summed E-state index contributed by atoms with van der Waals surface area (Å²) in [4.78, 5) is 145. The molecule has 1 aromatic carbocycles. The molecule has 79 heavy (non-hydrogen) atoms. The number of carbonyl (C=O) groups is 10. The standard InChI is InChI=1S/C58H87N7O14/c1-15-40-35(8)58(40,45(68)29-46(69)78-47(33(4)5)48(70)59-34(6)7)61-54(76)57(31-44(57)60-53(75)55(11,30-32(2)3)63(13)51(73)42-19-17-27-65(42)49(71)36(9)66)56(24-25-56)79-52(74)43(28-38-20-22-39(77-14)23-21-38)62(12)50(72)41-18-16-26-64(41)37(10)67/h20-23,32-35,40-45,47,68H,15-19,24-31H2,1-14H3,(H,59,70)(H,60,75)(H,61,76)/t35-,40?,41-,42-,43-,44?,45-,47-,55-,57?,58?/m0/s1. The number of ether oxygens (including phenoxy) is 3. The number of ketones is 1. The zero-order valence-electron chi connectivity index (χ0n) is 48.9. The van der Waals surface area contributed by atoms with Crippen molar-refractivity contribution < 1.29 is 67.3 Å². The highest BCUT2D eigenvalue weighted by Gasteiger charge is 2.80. The fourth-order valence-electron chi connectivity index (χ4n) is 12.9. The predicted octanol–water partition coefficient (Wildman–Crippen LogP) is 3.24. The van der Waals surface area contributed by atoms with Gasteiger partial charge in [-0.05, 0) is 114 Å². The number of carbonyl (C=O) groups excluding carboxylic acids is 10. The molecule has 7 amide bonds. The van der Waals surface area contributed by atoms with Crippen LogP contribution in [0.4, 0.5) is 0 Å². The number of amides is 7. The van der Waals surface area contributed by atoms with Crippen LogP contribution in [0.15, 0.2) is 24.3 Å². The van der Waals surface area contributed by atoms with Gasteiger partial charge in [0.25, 0.3) is 11.8 Å². The highest BCUT2D eigenvalue weighted by molar-refractivity contribution is 6.35. The van der Waals surface area contributed by atoms with E-state index in [4.69, 9.17) is 14.2 Å². The number of methoxy groups -OCH3 is 1. The Labute approximate surface area is 465 Å². The predicted molar refractivity (Wildman–Crippen MR) is 289 cm³/mol. The van der Waals surface area contributed by atoms with E-state index in [-0.39, 0.29) is 74.8 Å². The van der Waals surface area contributed by atoms with Crippen molar-refractivity contribution in [2.24, 2.45) is 29.1 Å². The molecule has 5 fully saturated rings. The van der Waals surface area contributed by atoms with Crippen molar-refractivity contribution in [1.82, 2.24) is 35.6 Å². The molecule has 21 heteroatoms. The Morgan fingerprint density at radius 2 is 1.47 bits per heavy atom. The van der Waals surface area contributed by atoms with E-state index in [0.29, 0.717) is 43.5 Å². The maximum Gasteiger partial charge on any atom is 0.329 e. The molecule has 5 aliphatic rings. The van der Waals surface area contributed by atoms with E-state index in [1.807, 2.05) is 27.7 Å². The zero-order valence-corrected chi connectivity index (χ0v) is 48.9. The molecular weight excluding hydrogens is 1020 g/mol. The molecule has 2 aliphatic heterocycles. The Morgan fingerprint density at radius 3 is 1.97 bits per heavy atom. The highest BCUT2D eigenvalue weighted by atomic mass is 16.6. The zero-order chi connectivity index (χ0) is 58.9. The maximum atomic E-state index is 15.8. The summed E-state index contributed by atoms with van der Waals surface area (Å²) < 4.78 is 17.7. The van der Waals surface area contributed by atoms with Crippen LogP contribution in [0.25, 0.3) is 0 Å². The maximum absolute atomic E-state index is 15.8. The Balaban J connectivity index is 1.37. The number of rotatable bonds is 25. The van der Waals surface area contributed by atoms with Gasteiger partial charge in [0.15, 0.2) is 6.10 Å². The Morgan fingerprint density at radius 1 is 0.873 bits per heavy atom. The molecule has 0 radical (unpaired) electrons. The van der Waals surface area contributed by atoms with Gasteiger partial charge in [0.1, 0.15) is 40.4 Å². The van der Waals surface area contributed by atoms with Gasteiger partial charge in [-0.3, -0.25) is 43.2 Å². The fraction of sp³-hybridized carbons (Fsp3) is 0.724. The summed E-state index contributed by atoms with van der Waals surface area (Å²) in [6.07, 6.45) is -0.614. The van der Waals surface area contributed by atoms with E-state index in [1.54, 1.807) is 58.9 Å². The minimum atomic E-state index is -1.69. The van der Waals surface area contributed by atoms with Crippen LogP contribution in [-0.4, -0.2) is 177 Å². The highest BCUT2D eigenvalue weighted by Crippen LogP contribution is 2.67. The van der Waals surface area contributed by atoms with E-state index < -0.39 is 124 Å². The van der Waals surface area contributed by atoms with Crippen LogP contribution in [0, 0.1) is 29.1 Å². The van der Waals surface area contributed by atoms with Crippen molar-refractivity contribution in [3.63, 3.8) is 0 Å². The van der Waals surface area contributed by atoms with Gasteiger partial charge >= 0.3 is 11.9 Å². The van der Waals surface area contributed by atoms with Crippen molar-refractivity contribution >= 4 is 59.1 Å².